The van der Waals surface area contributed by atoms with Gasteiger partial charge in [0, 0.05) is 18.2 Å². The molecule has 0 heterocycles. The molecule has 1 aliphatic rings. The standard InChI is InChI=1S/C19H21FN2O/c1-22(13-15-9-5-6-10-17(15)20)18(14-7-3-2-4-8-14)19(23)21-16-11-12-16/h2-10,16,18H,11-13H2,1H3,(H,21,23)/t18-/m1/s1. The lowest BCUT2D eigenvalue weighted by atomic mass is 10.0. The minimum absolute atomic E-state index is 0.0162. The van der Waals surface area contributed by atoms with E-state index in [1.807, 2.05) is 48.3 Å². The molecule has 0 saturated heterocycles. The van der Waals surface area contributed by atoms with E-state index in [1.54, 1.807) is 12.1 Å². The molecule has 4 heteroatoms. The van der Waals surface area contributed by atoms with Crippen LogP contribution in [0.15, 0.2) is 54.6 Å². The van der Waals surface area contributed by atoms with Gasteiger partial charge in [-0.1, -0.05) is 48.5 Å². The van der Waals surface area contributed by atoms with E-state index in [0.29, 0.717) is 18.2 Å². The summed E-state index contributed by atoms with van der Waals surface area (Å²) in [5, 5.41) is 3.06. The quantitative estimate of drug-likeness (QED) is 0.888. The molecule has 0 aromatic heterocycles. The zero-order valence-corrected chi connectivity index (χ0v) is 13.2. The van der Waals surface area contributed by atoms with Gasteiger partial charge in [0.15, 0.2) is 0 Å². The average Bonchev–Trinajstić information content (AvgIpc) is 3.35. The maximum atomic E-state index is 13.9. The van der Waals surface area contributed by atoms with Crippen molar-refractivity contribution in [2.45, 2.75) is 31.5 Å². The van der Waals surface area contributed by atoms with Crippen LogP contribution in [0.1, 0.15) is 30.0 Å². The van der Waals surface area contributed by atoms with Crippen molar-refractivity contribution in [1.29, 1.82) is 0 Å². The number of carbonyl (C=O) groups is 1. The zero-order chi connectivity index (χ0) is 16.2. The van der Waals surface area contributed by atoms with Crippen LogP contribution in [0.4, 0.5) is 4.39 Å². The lowest BCUT2D eigenvalue weighted by molar-refractivity contribution is -0.126. The Balaban J connectivity index is 1.81. The molecule has 0 bridgehead atoms. The Morgan fingerprint density at radius 1 is 1.17 bits per heavy atom. The summed E-state index contributed by atoms with van der Waals surface area (Å²) in [4.78, 5) is 14.6. The Hall–Kier alpha value is -2.20. The van der Waals surface area contributed by atoms with Crippen molar-refractivity contribution in [3.63, 3.8) is 0 Å². The van der Waals surface area contributed by atoms with Gasteiger partial charge in [0.05, 0.1) is 0 Å². The number of hydrogen-bond acceptors (Lipinski definition) is 2. The summed E-state index contributed by atoms with van der Waals surface area (Å²) in [5.41, 5.74) is 1.51. The van der Waals surface area contributed by atoms with Gasteiger partial charge in [0.1, 0.15) is 11.9 Å². The Bertz CT molecular complexity index is 670. The minimum Gasteiger partial charge on any atom is -0.352 e. The van der Waals surface area contributed by atoms with Gasteiger partial charge < -0.3 is 5.32 Å². The summed E-state index contributed by atoms with van der Waals surface area (Å²) in [6, 6.07) is 16.2. The summed E-state index contributed by atoms with van der Waals surface area (Å²) >= 11 is 0. The van der Waals surface area contributed by atoms with Crippen LogP contribution in [0.3, 0.4) is 0 Å². The summed E-state index contributed by atoms with van der Waals surface area (Å²) in [7, 11) is 1.86. The molecule has 3 rings (SSSR count). The van der Waals surface area contributed by atoms with Crippen molar-refractivity contribution in [1.82, 2.24) is 10.2 Å². The molecule has 0 unspecified atom stereocenters. The first-order valence-corrected chi connectivity index (χ1v) is 7.94. The fraction of sp³-hybridized carbons (Fsp3) is 0.316. The maximum Gasteiger partial charge on any atom is 0.242 e. The van der Waals surface area contributed by atoms with Gasteiger partial charge in [0.25, 0.3) is 0 Å². The predicted octanol–water partition coefficient (Wildman–Crippen LogP) is 3.28. The van der Waals surface area contributed by atoms with Crippen LogP contribution in [0.5, 0.6) is 0 Å². The third-order valence-corrected chi connectivity index (χ3v) is 4.11. The van der Waals surface area contributed by atoms with E-state index in [-0.39, 0.29) is 11.7 Å². The molecule has 0 radical (unpaired) electrons. The molecule has 0 aliphatic heterocycles. The zero-order valence-electron chi connectivity index (χ0n) is 13.2. The third-order valence-electron chi connectivity index (χ3n) is 4.11. The number of carbonyl (C=O) groups excluding carboxylic acids is 1. The van der Waals surface area contributed by atoms with E-state index in [1.165, 1.54) is 6.07 Å². The van der Waals surface area contributed by atoms with Crippen molar-refractivity contribution in [2.24, 2.45) is 0 Å². The Morgan fingerprint density at radius 2 is 1.83 bits per heavy atom. The highest BCUT2D eigenvalue weighted by atomic mass is 19.1. The van der Waals surface area contributed by atoms with Gasteiger partial charge in [-0.15, -0.1) is 0 Å². The second-order valence-electron chi connectivity index (χ2n) is 6.10. The fourth-order valence-electron chi connectivity index (χ4n) is 2.74. The highest BCUT2D eigenvalue weighted by Gasteiger charge is 2.30. The SMILES string of the molecule is CN(Cc1ccccc1F)[C@@H](C(=O)NC1CC1)c1ccccc1. The van der Waals surface area contributed by atoms with E-state index in [9.17, 15) is 9.18 Å². The summed E-state index contributed by atoms with van der Waals surface area (Å²) in [5.74, 6) is -0.258. The van der Waals surface area contributed by atoms with E-state index in [2.05, 4.69) is 5.32 Å². The summed E-state index contributed by atoms with van der Waals surface area (Å²) < 4.78 is 13.9. The van der Waals surface area contributed by atoms with Gasteiger partial charge in [-0.3, -0.25) is 9.69 Å². The molecular weight excluding hydrogens is 291 g/mol. The van der Waals surface area contributed by atoms with Gasteiger partial charge in [0.2, 0.25) is 5.91 Å². The lowest BCUT2D eigenvalue weighted by Gasteiger charge is -2.28. The van der Waals surface area contributed by atoms with Crippen molar-refractivity contribution in [3.05, 3.63) is 71.5 Å². The monoisotopic (exact) mass is 312 g/mol. The van der Waals surface area contributed by atoms with Crippen LogP contribution >= 0.6 is 0 Å². The van der Waals surface area contributed by atoms with E-state index >= 15 is 0 Å². The first kappa shape index (κ1) is 15.7. The van der Waals surface area contributed by atoms with Crippen LogP contribution in [0.2, 0.25) is 0 Å². The molecule has 1 N–H and O–H groups in total. The van der Waals surface area contributed by atoms with Crippen molar-refractivity contribution in [2.75, 3.05) is 7.05 Å². The minimum atomic E-state index is -0.420. The van der Waals surface area contributed by atoms with Gasteiger partial charge in [-0.2, -0.15) is 0 Å². The molecular formula is C19H21FN2O. The van der Waals surface area contributed by atoms with Crippen molar-refractivity contribution in [3.8, 4) is 0 Å². The Labute approximate surface area is 136 Å². The number of nitrogens with zero attached hydrogens (tertiary/aromatic N) is 1. The van der Waals surface area contributed by atoms with E-state index in [0.717, 1.165) is 18.4 Å². The fourth-order valence-corrected chi connectivity index (χ4v) is 2.74. The number of halogens is 1. The number of benzene rings is 2. The average molecular weight is 312 g/mol. The molecule has 3 nitrogen and oxygen atoms in total. The van der Waals surface area contributed by atoms with Gasteiger partial charge in [-0.25, -0.2) is 4.39 Å². The van der Waals surface area contributed by atoms with Crippen molar-refractivity contribution >= 4 is 5.91 Å². The highest BCUT2D eigenvalue weighted by molar-refractivity contribution is 5.83. The first-order valence-electron chi connectivity index (χ1n) is 7.94. The lowest BCUT2D eigenvalue weighted by Crippen LogP contribution is -2.39. The highest BCUT2D eigenvalue weighted by Crippen LogP contribution is 2.25. The molecule has 23 heavy (non-hydrogen) atoms. The molecule has 2 aromatic carbocycles. The largest absolute Gasteiger partial charge is 0.352 e. The third kappa shape index (κ3) is 3.96. The van der Waals surface area contributed by atoms with Gasteiger partial charge >= 0.3 is 0 Å². The number of amides is 1. The molecule has 1 amide bonds. The van der Waals surface area contributed by atoms with Crippen LogP contribution in [0, 0.1) is 5.82 Å². The molecule has 2 aromatic rings. The topological polar surface area (TPSA) is 32.3 Å². The second-order valence-corrected chi connectivity index (χ2v) is 6.10. The smallest absolute Gasteiger partial charge is 0.242 e. The number of hydrogen-bond donors (Lipinski definition) is 1. The van der Waals surface area contributed by atoms with E-state index in [4.69, 9.17) is 0 Å². The Morgan fingerprint density at radius 3 is 2.48 bits per heavy atom. The van der Waals surface area contributed by atoms with Gasteiger partial charge in [-0.05, 0) is 31.5 Å². The number of nitrogens with one attached hydrogen (secondary N) is 1. The van der Waals surface area contributed by atoms with Crippen LogP contribution in [0.25, 0.3) is 0 Å². The number of rotatable bonds is 6. The normalized spacial score (nSPS) is 15.4. The molecule has 120 valence electrons. The summed E-state index contributed by atoms with van der Waals surface area (Å²) in [6.45, 7) is 0.379. The second kappa shape index (κ2) is 6.92. The van der Waals surface area contributed by atoms with Crippen LogP contribution in [-0.2, 0) is 11.3 Å². The van der Waals surface area contributed by atoms with Crippen LogP contribution < -0.4 is 5.32 Å². The maximum absolute atomic E-state index is 13.9. The molecule has 0 spiro atoms. The van der Waals surface area contributed by atoms with Crippen molar-refractivity contribution < 1.29 is 9.18 Å². The Kier molecular flexibility index (Phi) is 4.72. The molecule has 1 saturated carbocycles. The number of likely N-dealkylation sites (N-methyl/N-ethyl adjacent to an activating group) is 1. The summed E-state index contributed by atoms with van der Waals surface area (Å²) in [6.07, 6.45) is 2.09. The van der Waals surface area contributed by atoms with E-state index < -0.39 is 6.04 Å². The van der Waals surface area contributed by atoms with Crippen LogP contribution in [-0.4, -0.2) is 23.9 Å². The predicted molar refractivity (Wildman–Crippen MR) is 88.2 cm³/mol. The molecule has 1 fully saturated rings. The first-order chi connectivity index (χ1) is 11.1. The molecule has 1 aliphatic carbocycles. The molecule has 1 atom stereocenters.